The maximum Gasteiger partial charge on any atom is 0.344 e. The molecule has 1 aromatic carbocycles. The van der Waals surface area contributed by atoms with Gasteiger partial charge in [-0.15, -0.1) is 11.3 Å². The SMILES string of the molecule is CC(C)(C)c1ccc(OCC(=O)OCC(=O)Nc2sc3c(c2C(N)=O)CCCC3)cc1. The molecule has 1 aromatic heterocycles. The Morgan fingerprint density at radius 3 is 2.39 bits per heavy atom. The summed E-state index contributed by atoms with van der Waals surface area (Å²) in [5.74, 6) is -1.19. The van der Waals surface area contributed by atoms with Crippen LogP contribution in [-0.2, 0) is 32.6 Å². The van der Waals surface area contributed by atoms with E-state index in [1.165, 1.54) is 11.3 Å². The van der Waals surface area contributed by atoms with E-state index in [-0.39, 0.29) is 12.0 Å². The summed E-state index contributed by atoms with van der Waals surface area (Å²) in [6.07, 6.45) is 3.70. The molecule has 2 aromatic rings. The summed E-state index contributed by atoms with van der Waals surface area (Å²) in [5, 5.41) is 3.09. The van der Waals surface area contributed by atoms with Gasteiger partial charge in [0.25, 0.3) is 11.8 Å². The molecule has 8 heteroatoms. The Morgan fingerprint density at radius 1 is 1.06 bits per heavy atom. The molecule has 0 radical (unpaired) electrons. The number of carbonyl (C=O) groups is 3. The van der Waals surface area contributed by atoms with Crippen molar-refractivity contribution in [3.8, 4) is 5.75 Å². The van der Waals surface area contributed by atoms with Crippen molar-refractivity contribution in [2.75, 3.05) is 18.5 Å². The Balaban J connectivity index is 1.49. The molecule has 0 fully saturated rings. The van der Waals surface area contributed by atoms with Gasteiger partial charge in [0, 0.05) is 4.88 Å². The average Bonchev–Trinajstić information content (AvgIpc) is 3.08. The minimum Gasteiger partial charge on any atom is -0.482 e. The van der Waals surface area contributed by atoms with E-state index in [2.05, 4.69) is 26.1 Å². The van der Waals surface area contributed by atoms with E-state index in [9.17, 15) is 14.4 Å². The van der Waals surface area contributed by atoms with E-state index < -0.39 is 24.4 Å². The van der Waals surface area contributed by atoms with Crippen LogP contribution in [0.2, 0.25) is 0 Å². The van der Waals surface area contributed by atoms with Crippen molar-refractivity contribution in [2.24, 2.45) is 5.73 Å². The number of rotatable bonds is 7. The van der Waals surface area contributed by atoms with Crippen LogP contribution < -0.4 is 15.8 Å². The number of amides is 2. The summed E-state index contributed by atoms with van der Waals surface area (Å²) in [6, 6.07) is 7.49. The third kappa shape index (κ3) is 5.85. The topological polar surface area (TPSA) is 108 Å². The second-order valence-electron chi connectivity index (χ2n) is 8.55. The van der Waals surface area contributed by atoms with Gasteiger partial charge in [-0.3, -0.25) is 9.59 Å². The van der Waals surface area contributed by atoms with Crippen LogP contribution in [0.4, 0.5) is 5.00 Å². The highest BCUT2D eigenvalue weighted by Crippen LogP contribution is 2.37. The molecule has 0 saturated carbocycles. The Morgan fingerprint density at radius 2 is 1.74 bits per heavy atom. The summed E-state index contributed by atoms with van der Waals surface area (Å²) in [7, 11) is 0. The van der Waals surface area contributed by atoms with Gasteiger partial charge in [-0.05, 0) is 54.4 Å². The van der Waals surface area contributed by atoms with Crippen molar-refractivity contribution in [3.05, 3.63) is 45.8 Å². The van der Waals surface area contributed by atoms with Crippen LogP contribution in [0, 0.1) is 0 Å². The zero-order valence-electron chi connectivity index (χ0n) is 18.1. The molecular formula is C23H28N2O5S. The molecule has 7 nitrogen and oxygen atoms in total. The molecule has 1 heterocycles. The number of hydrogen-bond donors (Lipinski definition) is 2. The number of hydrogen-bond acceptors (Lipinski definition) is 6. The third-order valence-electron chi connectivity index (χ3n) is 5.11. The molecule has 0 unspecified atom stereocenters. The Labute approximate surface area is 185 Å². The van der Waals surface area contributed by atoms with Gasteiger partial charge in [-0.2, -0.15) is 0 Å². The standard InChI is InChI=1S/C23H28N2O5S/c1-23(2,3)14-8-10-15(11-9-14)29-13-19(27)30-12-18(26)25-22-20(21(24)28)16-6-4-5-7-17(16)31-22/h8-11H,4-7,12-13H2,1-3H3,(H2,24,28)(H,25,26). The summed E-state index contributed by atoms with van der Waals surface area (Å²) < 4.78 is 10.4. The van der Waals surface area contributed by atoms with E-state index >= 15 is 0 Å². The van der Waals surface area contributed by atoms with Gasteiger partial charge < -0.3 is 20.5 Å². The average molecular weight is 445 g/mol. The minimum absolute atomic E-state index is 0.0288. The van der Waals surface area contributed by atoms with Crippen LogP contribution in [0.1, 0.15) is 60.0 Å². The lowest BCUT2D eigenvalue weighted by atomic mass is 9.87. The number of carbonyl (C=O) groups excluding carboxylic acids is 3. The molecule has 166 valence electrons. The van der Waals surface area contributed by atoms with E-state index in [1.54, 1.807) is 12.1 Å². The van der Waals surface area contributed by atoms with Crippen molar-refractivity contribution in [2.45, 2.75) is 51.9 Å². The number of nitrogens with two attached hydrogens (primary N) is 1. The monoisotopic (exact) mass is 444 g/mol. The number of aryl methyl sites for hydroxylation is 1. The number of nitrogens with one attached hydrogen (secondary N) is 1. The number of anilines is 1. The summed E-state index contributed by atoms with van der Waals surface area (Å²) in [4.78, 5) is 37.1. The quantitative estimate of drug-likeness (QED) is 0.635. The molecular weight excluding hydrogens is 416 g/mol. The fourth-order valence-corrected chi connectivity index (χ4v) is 4.77. The number of thiophene rings is 1. The molecule has 2 amide bonds. The van der Waals surface area contributed by atoms with Gasteiger partial charge in [0.05, 0.1) is 5.56 Å². The number of esters is 1. The first kappa shape index (κ1) is 22.8. The van der Waals surface area contributed by atoms with Crippen LogP contribution >= 0.6 is 11.3 Å². The van der Waals surface area contributed by atoms with Crippen LogP contribution in [0.15, 0.2) is 24.3 Å². The highest BCUT2D eigenvalue weighted by molar-refractivity contribution is 7.17. The summed E-state index contributed by atoms with van der Waals surface area (Å²) >= 11 is 1.37. The molecule has 0 atom stereocenters. The lowest BCUT2D eigenvalue weighted by Gasteiger charge is -2.19. The van der Waals surface area contributed by atoms with Crippen molar-refractivity contribution in [1.82, 2.24) is 0 Å². The molecule has 31 heavy (non-hydrogen) atoms. The number of ether oxygens (including phenoxy) is 2. The minimum atomic E-state index is -0.657. The highest BCUT2D eigenvalue weighted by Gasteiger charge is 2.25. The van der Waals surface area contributed by atoms with Crippen molar-refractivity contribution in [1.29, 1.82) is 0 Å². The second-order valence-corrected chi connectivity index (χ2v) is 9.66. The fraction of sp³-hybridized carbons (Fsp3) is 0.435. The Hall–Kier alpha value is -2.87. The summed E-state index contributed by atoms with van der Waals surface area (Å²) in [5.41, 5.74) is 8.02. The van der Waals surface area contributed by atoms with Crippen molar-refractivity contribution < 1.29 is 23.9 Å². The van der Waals surface area contributed by atoms with E-state index in [4.69, 9.17) is 15.2 Å². The molecule has 0 saturated heterocycles. The molecule has 0 aliphatic heterocycles. The van der Waals surface area contributed by atoms with Gasteiger partial charge in [0.15, 0.2) is 13.2 Å². The maximum absolute atomic E-state index is 12.2. The van der Waals surface area contributed by atoms with Crippen LogP contribution in [-0.4, -0.2) is 31.0 Å². The largest absolute Gasteiger partial charge is 0.482 e. The normalized spacial score (nSPS) is 13.3. The Kier molecular flexibility index (Phi) is 7.00. The highest BCUT2D eigenvalue weighted by atomic mass is 32.1. The van der Waals surface area contributed by atoms with Gasteiger partial charge in [-0.1, -0.05) is 32.9 Å². The molecule has 1 aliphatic carbocycles. The maximum atomic E-state index is 12.2. The number of primary amides is 1. The lowest BCUT2D eigenvalue weighted by molar-refractivity contribution is -0.149. The first-order chi connectivity index (χ1) is 14.6. The smallest absolute Gasteiger partial charge is 0.344 e. The number of benzene rings is 1. The van der Waals surface area contributed by atoms with Gasteiger partial charge in [0.2, 0.25) is 0 Å². The zero-order chi connectivity index (χ0) is 22.6. The second kappa shape index (κ2) is 9.51. The molecule has 0 spiro atoms. The third-order valence-corrected chi connectivity index (χ3v) is 6.32. The number of fused-ring (bicyclic) bond motifs is 1. The van der Waals surface area contributed by atoms with Crippen molar-refractivity contribution in [3.63, 3.8) is 0 Å². The predicted octanol–water partition coefficient (Wildman–Crippen LogP) is 3.58. The molecule has 1 aliphatic rings. The van der Waals surface area contributed by atoms with E-state index in [1.807, 2.05) is 12.1 Å². The van der Waals surface area contributed by atoms with Gasteiger partial charge in [-0.25, -0.2) is 4.79 Å². The predicted molar refractivity (Wildman–Crippen MR) is 120 cm³/mol. The summed E-state index contributed by atoms with van der Waals surface area (Å²) in [6.45, 7) is 5.57. The first-order valence-corrected chi connectivity index (χ1v) is 11.1. The van der Waals surface area contributed by atoms with Crippen LogP contribution in [0.5, 0.6) is 5.75 Å². The fourth-order valence-electron chi connectivity index (χ4n) is 3.46. The van der Waals surface area contributed by atoms with Gasteiger partial charge in [0.1, 0.15) is 10.8 Å². The first-order valence-electron chi connectivity index (χ1n) is 10.3. The van der Waals surface area contributed by atoms with Crippen molar-refractivity contribution >= 4 is 34.1 Å². The van der Waals surface area contributed by atoms with Crippen LogP contribution in [0.3, 0.4) is 0 Å². The zero-order valence-corrected chi connectivity index (χ0v) is 18.9. The van der Waals surface area contributed by atoms with E-state index in [0.717, 1.165) is 41.7 Å². The lowest BCUT2D eigenvalue weighted by Crippen LogP contribution is -2.24. The molecule has 0 bridgehead atoms. The Bertz CT molecular complexity index is 973. The molecule has 3 rings (SSSR count). The molecule has 3 N–H and O–H groups in total. The van der Waals surface area contributed by atoms with Gasteiger partial charge >= 0.3 is 5.97 Å². The van der Waals surface area contributed by atoms with E-state index in [0.29, 0.717) is 16.3 Å². The van der Waals surface area contributed by atoms with Crippen LogP contribution in [0.25, 0.3) is 0 Å².